The summed E-state index contributed by atoms with van der Waals surface area (Å²) >= 11 is 6.40. The second-order valence-corrected chi connectivity index (χ2v) is 7.32. The third-order valence-corrected chi connectivity index (χ3v) is 3.81. The zero-order valence-corrected chi connectivity index (χ0v) is 15.9. The van der Waals surface area contributed by atoms with Crippen LogP contribution in [0.4, 0.5) is 0 Å². The van der Waals surface area contributed by atoms with Gasteiger partial charge < -0.3 is 10.2 Å². The molecule has 2 rings (SSSR count). The summed E-state index contributed by atoms with van der Waals surface area (Å²) in [5.41, 5.74) is 1.23. The molecule has 0 unspecified atom stereocenters. The van der Waals surface area contributed by atoms with Gasteiger partial charge >= 0.3 is 0 Å². The largest absolute Gasteiger partial charge is 0.350 e. The van der Waals surface area contributed by atoms with E-state index >= 15 is 0 Å². The van der Waals surface area contributed by atoms with Crippen molar-refractivity contribution in [1.82, 2.24) is 20.0 Å². The first-order chi connectivity index (χ1) is 11.6. The van der Waals surface area contributed by atoms with Crippen molar-refractivity contribution in [3.8, 4) is 5.69 Å². The Morgan fingerprint density at radius 2 is 1.84 bits per heavy atom. The fourth-order valence-electron chi connectivity index (χ4n) is 2.42. The highest BCUT2D eigenvalue weighted by Crippen LogP contribution is 2.24. The molecule has 0 aliphatic heterocycles. The molecular formula is C18H23ClN4O2. The van der Waals surface area contributed by atoms with E-state index in [1.54, 1.807) is 14.0 Å². The molecule has 2 aromatic rings. The summed E-state index contributed by atoms with van der Waals surface area (Å²) in [5.74, 6) is -0.568. The summed E-state index contributed by atoms with van der Waals surface area (Å²) in [6.07, 6.45) is 0. The van der Waals surface area contributed by atoms with Gasteiger partial charge in [0, 0.05) is 12.6 Å². The monoisotopic (exact) mass is 362 g/mol. The van der Waals surface area contributed by atoms with Gasteiger partial charge in [0.05, 0.1) is 23.5 Å². The van der Waals surface area contributed by atoms with Gasteiger partial charge in [-0.3, -0.25) is 9.59 Å². The number of carbonyl (C=O) groups is 2. The number of likely N-dealkylation sites (N-methyl/N-ethyl adjacent to an activating group) is 1. The van der Waals surface area contributed by atoms with Gasteiger partial charge in [-0.2, -0.15) is 5.10 Å². The number of benzene rings is 1. The molecule has 0 aliphatic rings. The molecule has 0 spiro atoms. The molecule has 6 nitrogen and oxygen atoms in total. The van der Waals surface area contributed by atoms with Crippen LogP contribution in [0.2, 0.25) is 5.15 Å². The van der Waals surface area contributed by atoms with Crippen LogP contribution in [0.3, 0.4) is 0 Å². The van der Waals surface area contributed by atoms with Gasteiger partial charge in [-0.05, 0) is 39.8 Å². The molecule has 134 valence electrons. The highest BCUT2D eigenvalue weighted by Gasteiger charge is 2.25. The van der Waals surface area contributed by atoms with E-state index in [1.165, 1.54) is 9.58 Å². The van der Waals surface area contributed by atoms with Crippen LogP contribution < -0.4 is 5.32 Å². The van der Waals surface area contributed by atoms with Crippen LogP contribution in [0.5, 0.6) is 0 Å². The zero-order chi connectivity index (χ0) is 18.8. The quantitative estimate of drug-likeness (QED) is 0.909. The summed E-state index contributed by atoms with van der Waals surface area (Å²) < 4.78 is 1.52. The number of aryl methyl sites for hydroxylation is 1. The maximum atomic E-state index is 12.7. The summed E-state index contributed by atoms with van der Waals surface area (Å²) in [7, 11) is 1.57. The van der Waals surface area contributed by atoms with Gasteiger partial charge in [0.2, 0.25) is 5.91 Å². The first-order valence-corrected chi connectivity index (χ1v) is 8.35. The third kappa shape index (κ3) is 4.60. The minimum absolute atomic E-state index is 0.0532. The number of nitrogens with zero attached hydrogens (tertiary/aromatic N) is 3. The van der Waals surface area contributed by atoms with Crippen molar-refractivity contribution in [2.75, 3.05) is 13.6 Å². The molecule has 0 fully saturated rings. The fourth-order valence-corrected chi connectivity index (χ4v) is 2.77. The molecule has 7 heteroatoms. The van der Waals surface area contributed by atoms with Gasteiger partial charge in [0.25, 0.3) is 5.91 Å². The molecule has 0 radical (unpaired) electrons. The van der Waals surface area contributed by atoms with E-state index in [0.717, 1.165) is 5.69 Å². The Hall–Kier alpha value is -2.34. The highest BCUT2D eigenvalue weighted by atomic mass is 35.5. The van der Waals surface area contributed by atoms with Crippen molar-refractivity contribution in [3.63, 3.8) is 0 Å². The number of nitrogens with one attached hydrogen (secondary N) is 1. The SMILES string of the molecule is Cc1nn(-c2ccccc2)c(Cl)c1C(=O)N(C)CC(=O)NC(C)(C)C. The number of para-hydroxylation sites is 1. The smallest absolute Gasteiger partial charge is 0.259 e. The summed E-state index contributed by atoms with van der Waals surface area (Å²) in [6, 6.07) is 9.34. The lowest BCUT2D eigenvalue weighted by Gasteiger charge is -2.23. The van der Waals surface area contributed by atoms with E-state index in [-0.39, 0.29) is 29.1 Å². The Morgan fingerprint density at radius 1 is 1.24 bits per heavy atom. The van der Waals surface area contributed by atoms with Crippen LogP contribution in [0.15, 0.2) is 30.3 Å². The topological polar surface area (TPSA) is 67.2 Å². The molecule has 25 heavy (non-hydrogen) atoms. The number of hydrogen-bond donors (Lipinski definition) is 1. The average Bonchev–Trinajstić information content (AvgIpc) is 2.80. The fraction of sp³-hybridized carbons (Fsp3) is 0.389. The van der Waals surface area contributed by atoms with Crippen molar-refractivity contribution in [1.29, 1.82) is 0 Å². The second-order valence-electron chi connectivity index (χ2n) is 6.96. The minimum Gasteiger partial charge on any atom is -0.350 e. The van der Waals surface area contributed by atoms with Crippen LogP contribution in [-0.2, 0) is 4.79 Å². The van der Waals surface area contributed by atoms with Crippen LogP contribution in [-0.4, -0.2) is 45.6 Å². The van der Waals surface area contributed by atoms with Gasteiger partial charge in [-0.25, -0.2) is 4.68 Å². The van der Waals surface area contributed by atoms with E-state index in [4.69, 9.17) is 11.6 Å². The van der Waals surface area contributed by atoms with Crippen molar-refractivity contribution in [3.05, 3.63) is 46.7 Å². The van der Waals surface area contributed by atoms with Crippen LogP contribution in [0.25, 0.3) is 5.69 Å². The molecule has 0 aliphatic carbocycles. The molecule has 0 saturated heterocycles. The molecule has 1 aromatic heterocycles. The van der Waals surface area contributed by atoms with Crippen molar-refractivity contribution in [2.24, 2.45) is 0 Å². The van der Waals surface area contributed by atoms with Crippen LogP contribution in [0, 0.1) is 6.92 Å². The lowest BCUT2D eigenvalue weighted by molar-refractivity contribution is -0.122. The van der Waals surface area contributed by atoms with E-state index < -0.39 is 0 Å². The molecule has 2 amide bonds. The van der Waals surface area contributed by atoms with Crippen molar-refractivity contribution in [2.45, 2.75) is 33.2 Å². The molecule has 0 bridgehead atoms. The molecule has 1 N–H and O–H groups in total. The van der Waals surface area contributed by atoms with Crippen molar-refractivity contribution >= 4 is 23.4 Å². The van der Waals surface area contributed by atoms with Gasteiger partial charge in [-0.15, -0.1) is 0 Å². The Morgan fingerprint density at radius 3 is 2.40 bits per heavy atom. The standard InChI is InChI=1S/C18H23ClN4O2/c1-12-15(16(19)23(21-12)13-9-7-6-8-10-13)17(25)22(5)11-14(24)20-18(2,3)4/h6-10H,11H2,1-5H3,(H,20,24). The lowest BCUT2D eigenvalue weighted by atomic mass is 10.1. The maximum Gasteiger partial charge on any atom is 0.259 e. The minimum atomic E-state index is -0.354. The molecule has 0 saturated carbocycles. The average molecular weight is 363 g/mol. The predicted octanol–water partition coefficient (Wildman–Crippen LogP) is 2.82. The van der Waals surface area contributed by atoms with Crippen LogP contribution in [0.1, 0.15) is 36.8 Å². The third-order valence-electron chi connectivity index (χ3n) is 3.46. The number of carbonyl (C=O) groups excluding carboxylic acids is 2. The Kier molecular flexibility index (Phi) is 5.52. The van der Waals surface area contributed by atoms with Crippen LogP contribution >= 0.6 is 11.6 Å². The maximum absolute atomic E-state index is 12.7. The summed E-state index contributed by atoms with van der Waals surface area (Å²) in [6.45, 7) is 7.33. The molecule has 0 atom stereocenters. The predicted molar refractivity (Wildman–Crippen MR) is 98.2 cm³/mol. The number of hydrogen-bond acceptors (Lipinski definition) is 3. The lowest BCUT2D eigenvalue weighted by Crippen LogP contribution is -2.46. The summed E-state index contributed by atoms with van der Waals surface area (Å²) in [4.78, 5) is 26.1. The highest BCUT2D eigenvalue weighted by molar-refractivity contribution is 6.33. The molecule has 1 aromatic carbocycles. The van der Waals surface area contributed by atoms with Gasteiger partial charge in [-0.1, -0.05) is 29.8 Å². The Labute approximate surface area is 152 Å². The zero-order valence-electron chi connectivity index (χ0n) is 15.1. The molecular weight excluding hydrogens is 340 g/mol. The van der Waals surface area contributed by atoms with E-state index in [2.05, 4.69) is 10.4 Å². The number of halogens is 1. The van der Waals surface area contributed by atoms with Gasteiger partial charge in [0.15, 0.2) is 0 Å². The normalized spacial score (nSPS) is 11.3. The van der Waals surface area contributed by atoms with Gasteiger partial charge in [0.1, 0.15) is 5.15 Å². The Bertz CT molecular complexity index is 778. The number of aromatic nitrogens is 2. The first kappa shape index (κ1) is 19.0. The summed E-state index contributed by atoms with van der Waals surface area (Å²) in [5, 5.41) is 7.42. The molecule has 1 heterocycles. The number of rotatable bonds is 4. The van der Waals surface area contributed by atoms with E-state index in [9.17, 15) is 9.59 Å². The second kappa shape index (κ2) is 7.27. The van der Waals surface area contributed by atoms with E-state index in [0.29, 0.717) is 11.3 Å². The van der Waals surface area contributed by atoms with E-state index in [1.807, 2.05) is 51.1 Å². The first-order valence-electron chi connectivity index (χ1n) is 7.97. The van der Waals surface area contributed by atoms with Crippen molar-refractivity contribution < 1.29 is 9.59 Å². The Balaban J connectivity index is 2.22. The number of amides is 2.